The predicted octanol–water partition coefficient (Wildman–Crippen LogP) is 3.81. The van der Waals surface area contributed by atoms with Crippen LogP contribution < -0.4 is 11.1 Å². The summed E-state index contributed by atoms with van der Waals surface area (Å²) in [5.74, 6) is -0.0374. The molecule has 176 valence electrons. The molecule has 1 aromatic carbocycles. The summed E-state index contributed by atoms with van der Waals surface area (Å²) in [6.45, 7) is 1.28. The minimum Gasteiger partial charge on any atom is -0.456 e. The second-order valence-electron chi connectivity index (χ2n) is 8.69. The van der Waals surface area contributed by atoms with Crippen molar-refractivity contribution in [3.8, 4) is 0 Å². The zero-order chi connectivity index (χ0) is 23.7. The standard InChI is InChI=1S/C25H27N5O3S/c1-14(31)28-19(11-15-12-27-18-9-6-5-7-16(15)18)25(32)33-13-21-29-23(26)22-17-8-3-2-4-10-20(17)34-24(22)30-21/h5-7,9,12,19,27H,2-4,8,10-11,13H2,1H3,(H,28,31)(H2,26,29,30)/t19-/m0/s1. The van der Waals surface area contributed by atoms with Crippen molar-refractivity contribution in [1.82, 2.24) is 20.3 Å². The van der Waals surface area contributed by atoms with Crippen LogP contribution >= 0.6 is 11.3 Å². The van der Waals surface area contributed by atoms with E-state index >= 15 is 0 Å². The molecular formula is C25H27N5O3S. The molecule has 0 unspecified atom stereocenters. The minimum atomic E-state index is -0.824. The van der Waals surface area contributed by atoms with Gasteiger partial charge in [0.25, 0.3) is 0 Å². The number of aromatic amines is 1. The number of benzene rings is 1. The molecule has 0 saturated carbocycles. The number of rotatable bonds is 6. The van der Waals surface area contributed by atoms with Gasteiger partial charge in [0.15, 0.2) is 12.4 Å². The van der Waals surface area contributed by atoms with Crippen molar-refractivity contribution in [2.75, 3.05) is 5.73 Å². The molecule has 8 nitrogen and oxygen atoms in total. The van der Waals surface area contributed by atoms with Crippen molar-refractivity contribution < 1.29 is 14.3 Å². The van der Waals surface area contributed by atoms with Gasteiger partial charge in [0.1, 0.15) is 16.7 Å². The number of aromatic nitrogens is 3. The molecule has 3 aromatic heterocycles. The molecule has 0 fully saturated rings. The number of nitrogen functional groups attached to an aromatic ring is 1. The number of nitrogens with zero attached hydrogens (tertiary/aromatic N) is 2. The van der Waals surface area contributed by atoms with Gasteiger partial charge in [0, 0.05) is 35.3 Å². The minimum absolute atomic E-state index is 0.106. The predicted molar refractivity (Wildman–Crippen MR) is 132 cm³/mol. The fourth-order valence-electron chi connectivity index (χ4n) is 4.67. The van der Waals surface area contributed by atoms with E-state index in [1.807, 2.05) is 30.5 Å². The van der Waals surface area contributed by atoms with Gasteiger partial charge in [-0.2, -0.15) is 0 Å². The fourth-order valence-corrected chi connectivity index (χ4v) is 5.96. The third-order valence-corrected chi connectivity index (χ3v) is 7.43. The first-order chi connectivity index (χ1) is 16.5. The molecule has 0 aliphatic heterocycles. The SMILES string of the molecule is CC(=O)N[C@@H](Cc1c[nH]c2ccccc12)C(=O)OCc1nc(N)c2c3c(sc2n1)CCCCC3. The Kier molecular flexibility index (Phi) is 6.19. The number of hydrogen-bond acceptors (Lipinski definition) is 7. The molecule has 1 atom stereocenters. The summed E-state index contributed by atoms with van der Waals surface area (Å²) in [6, 6.07) is 7.00. The number of esters is 1. The third-order valence-electron chi connectivity index (χ3n) is 6.24. The number of H-pyrrole nitrogens is 1. The summed E-state index contributed by atoms with van der Waals surface area (Å²) in [7, 11) is 0. The molecule has 34 heavy (non-hydrogen) atoms. The van der Waals surface area contributed by atoms with Crippen LogP contribution in [0.15, 0.2) is 30.5 Å². The van der Waals surface area contributed by atoms with Gasteiger partial charge < -0.3 is 20.8 Å². The first-order valence-corrected chi connectivity index (χ1v) is 12.4. The summed E-state index contributed by atoms with van der Waals surface area (Å²) in [4.78, 5) is 39.1. The molecule has 4 aromatic rings. The maximum absolute atomic E-state index is 12.9. The Labute approximate surface area is 200 Å². The lowest BCUT2D eigenvalue weighted by Gasteiger charge is -2.16. The normalized spacial score (nSPS) is 14.5. The average Bonchev–Trinajstić information content (AvgIpc) is 3.30. The number of nitrogens with one attached hydrogen (secondary N) is 2. The molecule has 0 saturated heterocycles. The Hall–Kier alpha value is -3.46. The second kappa shape index (κ2) is 9.42. The molecule has 1 aliphatic rings. The number of aryl methyl sites for hydroxylation is 2. The highest BCUT2D eigenvalue weighted by Gasteiger charge is 2.24. The molecule has 5 rings (SSSR count). The number of nitrogens with two attached hydrogens (primary N) is 1. The fraction of sp³-hybridized carbons (Fsp3) is 0.360. The Morgan fingerprint density at radius 1 is 1.21 bits per heavy atom. The Bertz CT molecular complexity index is 1380. The zero-order valence-electron chi connectivity index (χ0n) is 19.0. The van der Waals surface area contributed by atoms with Crippen molar-refractivity contribution >= 4 is 50.2 Å². The molecule has 0 bridgehead atoms. The van der Waals surface area contributed by atoms with Crippen LogP contribution in [0.25, 0.3) is 21.1 Å². The largest absolute Gasteiger partial charge is 0.456 e. The molecule has 0 radical (unpaired) electrons. The monoisotopic (exact) mass is 477 g/mol. The second-order valence-corrected chi connectivity index (χ2v) is 9.78. The lowest BCUT2D eigenvalue weighted by molar-refractivity contribution is -0.149. The van der Waals surface area contributed by atoms with E-state index < -0.39 is 12.0 Å². The molecule has 1 amide bonds. The lowest BCUT2D eigenvalue weighted by atomic mass is 10.0. The highest BCUT2D eigenvalue weighted by atomic mass is 32.1. The topological polar surface area (TPSA) is 123 Å². The number of anilines is 1. The van der Waals surface area contributed by atoms with E-state index in [0.717, 1.165) is 45.9 Å². The van der Waals surface area contributed by atoms with Crippen molar-refractivity contribution in [2.24, 2.45) is 0 Å². The number of amides is 1. The Morgan fingerprint density at radius 3 is 2.88 bits per heavy atom. The number of hydrogen-bond donors (Lipinski definition) is 3. The van der Waals surface area contributed by atoms with Crippen molar-refractivity contribution in [1.29, 1.82) is 0 Å². The molecule has 3 heterocycles. The average molecular weight is 478 g/mol. The zero-order valence-corrected chi connectivity index (χ0v) is 19.8. The van der Waals surface area contributed by atoms with E-state index in [1.165, 1.54) is 30.2 Å². The van der Waals surface area contributed by atoms with E-state index in [-0.39, 0.29) is 12.5 Å². The number of fused-ring (bicyclic) bond motifs is 4. The van der Waals surface area contributed by atoms with E-state index in [1.54, 1.807) is 11.3 Å². The molecular weight excluding hydrogens is 450 g/mol. The number of ether oxygens (including phenoxy) is 1. The van der Waals surface area contributed by atoms with Gasteiger partial charge in [0.05, 0.1) is 5.39 Å². The van der Waals surface area contributed by atoms with Gasteiger partial charge in [-0.05, 0) is 42.9 Å². The molecule has 1 aliphatic carbocycles. The van der Waals surface area contributed by atoms with Gasteiger partial charge in [-0.25, -0.2) is 14.8 Å². The number of para-hydroxylation sites is 1. The van der Waals surface area contributed by atoms with Crippen LogP contribution in [0.1, 0.15) is 48.0 Å². The highest BCUT2D eigenvalue weighted by Crippen LogP contribution is 2.37. The van der Waals surface area contributed by atoms with E-state index in [0.29, 0.717) is 18.1 Å². The number of carbonyl (C=O) groups is 2. The van der Waals surface area contributed by atoms with Crippen LogP contribution in [0.4, 0.5) is 5.82 Å². The maximum Gasteiger partial charge on any atom is 0.329 e. The first-order valence-electron chi connectivity index (χ1n) is 11.5. The summed E-state index contributed by atoms with van der Waals surface area (Å²) < 4.78 is 5.54. The van der Waals surface area contributed by atoms with Gasteiger partial charge >= 0.3 is 5.97 Å². The Balaban J connectivity index is 1.33. The van der Waals surface area contributed by atoms with Crippen LogP contribution in [0.2, 0.25) is 0 Å². The summed E-state index contributed by atoms with van der Waals surface area (Å²) in [5.41, 5.74) is 9.48. The summed E-state index contributed by atoms with van der Waals surface area (Å²) in [6.07, 6.45) is 7.77. The van der Waals surface area contributed by atoms with Crippen LogP contribution in [0.3, 0.4) is 0 Å². The number of carbonyl (C=O) groups excluding carboxylic acids is 2. The summed E-state index contributed by atoms with van der Waals surface area (Å²) >= 11 is 1.66. The van der Waals surface area contributed by atoms with Crippen molar-refractivity contribution in [3.05, 3.63) is 52.3 Å². The molecule has 9 heteroatoms. The van der Waals surface area contributed by atoms with E-state index in [4.69, 9.17) is 10.5 Å². The van der Waals surface area contributed by atoms with Crippen molar-refractivity contribution in [3.63, 3.8) is 0 Å². The van der Waals surface area contributed by atoms with Crippen molar-refractivity contribution in [2.45, 2.75) is 58.1 Å². The van der Waals surface area contributed by atoms with Crippen LogP contribution in [0, 0.1) is 0 Å². The van der Waals surface area contributed by atoms with E-state index in [2.05, 4.69) is 20.3 Å². The van der Waals surface area contributed by atoms with Gasteiger partial charge in [-0.3, -0.25) is 4.79 Å². The van der Waals surface area contributed by atoms with E-state index in [9.17, 15) is 9.59 Å². The smallest absolute Gasteiger partial charge is 0.329 e. The van der Waals surface area contributed by atoms with Crippen LogP contribution in [-0.2, 0) is 40.2 Å². The third kappa shape index (κ3) is 4.48. The lowest BCUT2D eigenvalue weighted by Crippen LogP contribution is -2.42. The molecule has 4 N–H and O–H groups in total. The molecule has 0 spiro atoms. The highest BCUT2D eigenvalue weighted by molar-refractivity contribution is 7.19. The maximum atomic E-state index is 12.9. The number of thiophene rings is 1. The van der Waals surface area contributed by atoms with Gasteiger partial charge in [0.2, 0.25) is 5.91 Å². The summed E-state index contributed by atoms with van der Waals surface area (Å²) in [5, 5.41) is 4.66. The van der Waals surface area contributed by atoms with Gasteiger partial charge in [-0.15, -0.1) is 11.3 Å². The Morgan fingerprint density at radius 2 is 2.03 bits per heavy atom. The van der Waals surface area contributed by atoms with Crippen LogP contribution in [0.5, 0.6) is 0 Å². The quantitative estimate of drug-likeness (QED) is 0.287. The van der Waals surface area contributed by atoms with Gasteiger partial charge in [-0.1, -0.05) is 24.6 Å². The van der Waals surface area contributed by atoms with Crippen LogP contribution in [-0.4, -0.2) is 32.9 Å². The first kappa shape index (κ1) is 22.3.